The zero-order valence-electron chi connectivity index (χ0n) is 19.0. The van der Waals surface area contributed by atoms with Crippen LogP contribution < -0.4 is 10.1 Å². The van der Waals surface area contributed by atoms with Crippen LogP contribution in [0.1, 0.15) is 39.2 Å². The number of hydrogen-bond donors (Lipinski definition) is 1. The van der Waals surface area contributed by atoms with Gasteiger partial charge in [0.25, 0.3) is 0 Å². The van der Waals surface area contributed by atoms with Crippen molar-refractivity contribution in [2.24, 2.45) is 4.99 Å². The molecule has 0 unspecified atom stereocenters. The average Bonchev–Trinajstić information content (AvgIpc) is 2.74. The maximum absolute atomic E-state index is 5.53. The Morgan fingerprint density at radius 2 is 1.72 bits per heavy atom. The van der Waals surface area contributed by atoms with Crippen molar-refractivity contribution >= 4 is 5.96 Å². The lowest BCUT2D eigenvalue weighted by Gasteiger charge is -2.33. The molecule has 0 aromatic heterocycles. The maximum Gasteiger partial charge on any atom is 0.193 e. The number of likely N-dealkylation sites (N-methyl/N-ethyl adjacent to an activating group) is 1. The number of aliphatic imine (C=N–C) groups is 1. The van der Waals surface area contributed by atoms with E-state index in [2.05, 4.69) is 53.0 Å². The van der Waals surface area contributed by atoms with Gasteiger partial charge in [-0.1, -0.05) is 19.1 Å². The van der Waals surface area contributed by atoms with Crippen LogP contribution in [0, 0.1) is 0 Å². The highest BCUT2D eigenvalue weighted by Gasteiger charge is 2.14. The summed E-state index contributed by atoms with van der Waals surface area (Å²) in [5.74, 6) is 1.91. The van der Waals surface area contributed by atoms with Crippen molar-refractivity contribution < 1.29 is 4.74 Å². The van der Waals surface area contributed by atoms with Crippen LogP contribution in [0.2, 0.25) is 0 Å². The summed E-state index contributed by atoms with van der Waals surface area (Å²) in [4.78, 5) is 12.2. The van der Waals surface area contributed by atoms with Crippen LogP contribution in [0.25, 0.3) is 0 Å². The number of nitrogens with one attached hydrogen (secondary N) is 1. The van der Waals surface area contributed by atoms with Gasteiger partial charge in [0, 0.05) is 52.9 Å². The lowest BCUT2D eigenvalue weighted by atomic mass is 10.2. The first-order chi connectivity index (χ1) is 14.2. The summed E-state index contributed by atoms with van der Waals surface area (Å²) in [7, 11) is 2.10. The number of ether oxygens (including phenoxy) is 1. The van der Waals surface area contributed by atoms with Crippen LogP contribution in [0.3, 0.4) is 0 Å². The van der Waals surface area contributed by atoms with E-state index in [1.165, 1.54) is 51.3 Å². The minimum Gasteiger partial charge on any atom is -0.494 e. The third-order valence-electron chi connectivity index (χ3n) is 5.41. The molecule has 1 N–H and O–H groups in total. The molecule has 0 radical (unpaired) electrons. The van der Waals surface area contributed by atoms with Crippen molar-refractivity contribution in [1.82, 2.24) is 20.0 Å². The second-order valence-electron chi connectivity index (χ2n) is 7.65. The third kappa shape index (κ3) is 8.62. The lowest BCUT2D eigenvalue weighted by molar-refractivity contribution is 0.136. The fourth-order valence-electron chi connectivity index (χ4n) is 3.64. The van der Waals surface area contributed by atoms with E-state index in [0.717, 1.165) is 37.8 Å². The summed E-state index contributed by atoms with van der Waals surface area (Å²) in [6.45, 7) is 16.9. The second-order valence-corrected chi connectivity index (χ2v) is 7.65. The van der Waals surface area contributed by atoms with Crippen molar-refractivity contribution in [1.29, 1.82) is 0 Å². The topological polar surface area (TPSA) is 43.3 Å². The van der Waals surface area contributed by atoms with Crippen LogP contribution >= 0.6 is 0 Å². The summed E-state index contributed by atoms with van der Waals surface area (Å²) in [5, 5.41) is 3.42. The van der Waals surface area contributed by atoms with Crippen LogP contribution in [0.15, 0.2) is 29.3 Å². The lowest BCUT2D eigenvalue weighted by Crippen LogP contribution is -2.46. The van der Waals surface area contributed by atoms with Gasteiger partial charge in [-0.2, -0.15) is 0 Å². The molecule has 1 aliphatic rings. The molecule has 6 nitrogen and oxygen atoms in total. The van der Waals surface area contributed by atoms with Gasteiger partial charge >= 0.3 is 0 Å². The number of unbranched alkanes of at least 4 members (excludes halogenated alkanes) is 1. The molecule has 6 heteroatoms. The average molecular weight is 404 g/mol. The van der Waals surface area contributed by atoms with Gasteiger partial charge < -0.3 is 24.8 Å². The Bertz CT molecular complexity index is 581. The molecular formula is C23H41N5O. The summed E-state index contributed by atoms with van der Waals surface area (Å²) < 4.78 is 5.53. The molecule has 164 valence electrons. The van der Waals surface area contributed by atoms with Gasteiger partial charge in [-0.15, -0.1) is 0 Å². The molecule has 0 amide bonds. The molecule has 0 aliphatic carbocycles. The molecular weight excluding hydrogens is 362 g/mol. The van der Waals surface area contributed by atoms with E-state index in [0.29, 0.717) is 6.61 Å². The van der Waals surface area contributed by atoms with Crippen molar-refractivity contribution in [3.8, 4) is 5.75 Å². The Hall–Kier alpha value is -1.79. The molecule has 0 bridgehead atoms. The minimum atomic E-state index is 0.700. The summed E-state index contributed by atoms with van der Waals surface area (Å²) in [6, 6.07) is 8.33. The molecule has 2 rings (SSSR count). The van der Waals surface area contributed by atoms with Gasteiger partial charge in [0.2, 0.25) is 0 Å². The summed E-state index contributed by atoms with van der Waals surface area (Å²) in [6.07, 6.45) is 2.36. The largest absolute Gasteiger partial charge is 0.494 e. The van der Waals surface area contributed by atoms with Crippen molar-refractivity contribution in [2.45, 2.75) is 40.2 Å². The monoisotopic (exact) mass is 403 g/mol. The van der Waals surface area contributed by atoms with Crippen LogP contribution in [-0.2, 0) is 6.54 Å². The van der Waals surface area contributed by atoms with Gasteiger partial charge in [0.1, 0.15) is 5.75 Å². The molecule has 29 heavy (non-hydrogen) atoms. The van der Waals surface area contributed by atoms with E-state index in [1.54, 1.807) is 0 Å². The van der Waals surface area contributed by atoms with Crippen LogP contribution in [0.4, 0.5) is 0 Å². The summed E-state index contributed by atoms with van der Waals surface area (Å²) in [5.41, 5.74) is 1.26. The van der Waals surface area contributed by atoms with Gasteiger partial charge in [-0.05, 0) is 57.5 Å². The highest BCUT2D eigenvalue weighted by atomic mass is 16.5. The number of piperazine rings is 1. The molecule has 1 aromatic carbocycles. The quantitative estimate of drug-likeness (QED) is 0.350. The number of nitrogens with zero attached hydrogens (tertiary/aromatic N) is 4. The number of guanidine groups is 1. The highest BCUT2D eigenvalue weighted by molar-refractivity contribution is 5.79. The van der Waals surface area contributed by atoms with E-state index >= 15 is 0 Å². The van der Waals surface area contributed by atoms with Gasteiger partial charge in [0.15, 0.2) is 5.96 Å². The van der Waals surface area contributed by atoms with Gasteiger partial charge in [0.05, 0.1) is 6.61 Å². The molecule has 0 saturated carbocycles. The SMILES string of the molecule is CCNC(=NCCCCN1CCN(CC)CC1)N(C)Cc1ccc(OCC)cc1. The van der Waals surface area contributed by atoms with E-state index in [4.69, 9.17) is 9.73 Å². The maximum atomic E-state index is 5.53. The van der Waals surface area contributed by atoms with Gasteiger partial charge in [-0.3, -0.25) is 4.99 Å². The third-order valence-corrected chi connectivity index (χ3v) is 5.41. The van der Waals surface area contributed by atoms with E-state index in [1.807, 2.05) is 19.1 Å². The Morgan fingerprint density at radius 1 is 1.03 bits per heavy atom. The molecule has 0 spiro atoms. The Labute approximate surface area is 177 Å². The molecule has 1 fully saturated rings. The van der Waals surface area contributed by atoms with E-state index < -0.39 is 0 Å². The van der Waals surface area contributed by atoms with E-state index in [9.17, 15) is 0 Å². The molecule has 1 heterocycles. The number of benzene rings is 1. The number of rotatable bonds is 11. The first-order valence-electron chi connectivity index (χ1n) is 11.3. The minimum absolute atomic E-state index is 0.700. The second kappa shape index (κ2) is 13.4. The first kappa shape index (κ1) is 23.5. The van der Waals surface area contributed by atoms with Crippen LogP contribution in [-0.4, -0.2) is 86.7 Å². The molecule has 0 atom stereocenters. The Balaban J connectivity index is 1.73. The molecule has 1 aromatic rings. The van der Waals surface area contributed by atoms with E-state index in [-0.39, 0.29) is 0 Å². The van der Waals surface area contributed by atoms with Crippen LogP contribution in [0.5, 0.6) is 5.75 Å². The predicted octanol–water partition coefficient (Wildman–Crippen LogP) is 2.90. The van der Waals surface area contributed by atoms with Crippen molar-refractivity contribution in [3.63, 3.8) is 0 Å². The first-order valence-corrected chi connectivity index (χ1v) is 11.3. The number of hydrogen-bond acceptors (Lipinski definition) is 4. The van der Waals surface area contributed by atoms with Crippen molar-refractivity contribution in [2.75, 3.05) is 66.0 Å². The Morgan fingerprint density at radius 3 is 2.34 bits per heavy atom. The summed E-state index contributed by atoms with van der Waals surface area (Å²) >= 11 is 0. The van der Waals surface area contributed by atoms with Crippen molar-refractivity contribution in [3.05, 3.63) is 29.8 Å². The Kier molecular flexibility index (Phi) is 10.9. The zero-order chi connectivity index (χ0) is 20.9. The standard InChI is InChI=1S/C23H41N5O/c1-5-24-23(26(4)20-21-10-12-22(13-11-21)29-7-3)25-14-8-9-15-28-18-16-27(6-2)17-19-28/h10-13H,5-9,14-20H2,1-4H3,(H,24,25). The molecule has 1 aliphatic heterocycles. The highest BCUT2D eigenvalue weighted by Crippen LogP contribution is 2.13. The fraction of sp³-hybridized carbons (Fsp3) is 0.696. The molecule has 1 saturated heterocycles. The fourth-order valence-corrected chi connectivity index (χ4v) is 3.64. The smallest absolute Gasteiger partial charge is 0.193 e. The predicted molar refractivity (Wildman–Crippen MR) is 123 cm³/mol. The van der Waals surface area contributed by atoms with Gasteiger partial charge in [-0.25, -0.2) is 0 Å². The zero-order valence-corrected chi connectivity index (χ0v) is 19.0. The normalized spacial score (nSPS) is 16.1.